The number of carbonyl (C=O) groups is 1. The van der Waals surface area contributed by atoms with E-state index in [1.54, 1.807) is 0 Å². The van der Waals surface area contributed by atoms with E-state index in [0.29, 0.717) is 12.2 Å². The van der Waals surface area contributed by atoms with Crippen LogP contribution in [-0.2, 0) is 0 Å². The van der Waals surface area contributed by atoms with Crippen molar-refractivity contribution in [2.24, 2.45) is 0 Å². The molecular formula is C15H16N2O. The molecule has 0 fully saturated rings. The third-order valence-corrected chi connectivity index (χ3v) is 2.76. The number of hydrogen-bond acceptors (Lipinski definition) is 3. The van der Waals surface area contributed by atoms with Crippen LogP contribution in [0.4, 0.5) is 11.4 Å². The molecule has 1 N–H and O–H groups in total. The Kier molecular flexibility index (Phi) is 3.97. The van der Waals surface area contributed by atoms with Crippen molar-refractivity contribution in [3.63, 3.8) is 0 Å². The number of hydrogen-bond donors (Lipinski definition) is 1. The van der Waals surface area contributed by atoms with Crippen molar-refractivity contribution >= 4 is 17.7 Å². The highest BCUT2D eigenvalue weighted by Crippen LogP contribution is 2.13. The summed E-state index contributed by atoms with van der Waals surface area (Å²) in [5, 5.41) is 3.33. The highest BCUT2D eigenvalue weighted by Gasteiger charge is 2.00. The number of carbonyl (C=O) groups excluding carboxylic acids is 1. The van der Waals surface area contributed by atoms with Crippen molar-refractivity contribution in [1.29, 1.82) is 0 Å². The zero-order chi connectivity index (χ0) is 12.8. The fourth-order valence-corrected chi connectivity index (χ4v) is 1.66. The largest absolute Gasteiger partial charge is 0.368 e. The average molecular weight is 240 g/mol. The molecule has 0 heterocycles. The first-order valence-corrected chi connectivity index (χ1v) is 5.85. The minimum Gasteiger partial charge on any atom is -0.368 e. The topological polar surface area (TPSA) is 32.3 Å². The molecule has 0 saturated heterocycles. The number of nitrogens with zero attached hydrogens (tertiary/aromatic N) is 1. The highest BCUT2D eigenvalue weighted by molar-refractivity contribution is 5.75. The first-order chi connectivity index (χ1) is 8.79. The minimum atomic E-state index is 0.697. The van der Waals surface area contributed by atoms with Crippen LogP contribution in [-0.4, -0.2) is 20.0 Å². The predicted molar refractivity (Wildman–Crippen MR) is 75.2 cm³/mol. The number of aldehydes is 1. The maximum absolute atomic E-state index is 10.6. The predicted octanol–water partition coefficient (Wildman–Crippen LogP) is 3.00. The second-order valence-corrected chi connectivity index (χ2v) is 4.11. The summed E-state index contributed by atoms with van der Waals surface area (Å²) in [5.41, 5.74) is 2.86. The third kappa shape index (κ3) is 3.10. The Labute approximate surface area is 107 Å². The van der Waals surface area contributed by atoms with Crippen molar-refractivity contribution in [2.45, 2.75) is 0 Å². The molecule has 0 bridgehead atoms. The fraction of sp³-hybridized carbons (Fsp3) is 0.133. The zero-order valence-electron chi connectivity index (χ0n) is 10.3. The second kappa shape index (κ2) is 5.87. The SMILES string of the molecule is CN(CNc1ccccc1)c1ccc(C=O)cc1. The van der Waals surface area contributed by atoms with Gasteiger partial charge in [-0.05, 0) is 36.4 Å². The van der Waals surface area contributed by atoms with Gasteiger partial charge < -0.3 is 10.2 Å². The molecule has 2 aromatic carbocycles. The average Bonchev–Trinajstić information content (AvgIpc) is 2.46. The lowest BCUT2D eigenvalue weighted by Crippen LogP contribution is -2.24. The van der Waals surface area contributed by atoms with Crippen LogP contribution < -0.4 is 10.2 Å². The number of nitrogens with one attached hydrogen (secondary N) is 1. The third-order valence-electron chi connectivity index (χ3n) is 2.76. The number of rotatable bonds is 5. The number of anilines is 2. The Morgan fingerprint density at radius 2 is 1.72 bits per heavy atom. The van der Waals surface area contributed by atoms with Gasteiger partial charge in [-0.15, -0.1) is 0 Å². The van der Waals surface area contributed by atoms with Gasteiger partial charge in [-0.2, -0.15) is 0 Å². The van der Waals surface area contributed by atoms with E-state index in [2.05, 4.69) is 10.2 Å². The molecule has 0 aliphatic carbocycles. The van der Waals surface area contributed by atoms with Crippen LogP contribution in [0.25, 0.3) is 0 Å². The van der Waals surface area contributed by atoms with Gasteiger partial charge in [0.05, 0.1) is 6.67 Å². The first-order valence-electron chi connectivity index (χ1n) is 5.85. The first kappa shape index (κ1) is 12.2. The molecule has 2 aromatic rings. The molecule has 0 aromatic heterocycles. The van der Waals surface area contributed by atoms with Gasteiger partial charge in [0.25, 0.3) is 0 Å². The van der Waals surface area contributed by atoms with Crippen LogP contribution in [0.1, 0.15) is 10.4 Å². The molecule has 3 heteroatoms. The van der Waals surface area contributed by atoms with Crippen molar-refractivity contribution in [3.05, 3.63) is 60.2 Å². The van der Waals surface area contributed by atoms with Crippen LogP contribution in [0.15, 0.2) is 54.6 Å². The van der Waals surface area contributed by atoms with Crippen molar-refractivity contribution in [2.75, 3.05) is 23.9 Å². The van der Waals surface area contributed by atoms with Crippen molar-refractivity contribution in [3.8, 4) is 0 Å². The maximum Gasteiger partial charge on any atom is 0.150 e. The highest BCUT2D eigenvalue weighted by atomic mass is 16.1. The molecule has 2 rings (SSSR count). The van der Waals surface area contributed by atoms with Crippen molar-refractivity contribution in [1.82, 2.24) is 0 Å². The quantitative estimate of drug-likeness (QED) is 0.644. The van der Waals surface area contributed by atoms with E-state index in [9.17, 15) is 4.79 Å². The van der Waals surface area contributed by atoms with Crippen LogP contribution >= 0.6 is 0 Å². The van der Waals surface area contributed by atoms with Gasteiger partial charge in [-0.3, -0.25) is 4.79 Å². The van der Waals surface area contributed by atoms with Gasteiger partial charge in [0.1, 0.15) is 6.29 Å². The molecule has 18 heavy (non-hydrogen) atoms. The summed E-state index contributed by atoms with van der Waals surface area (Å²) in [5.74, 6) is 0. The van der Waals surface area contributed by atoms with E-state index in [-0.39, 0.29) is 0 Å². The van der Waals surface area contributed by atoms with E-state index in [4.69, 9.17) is 0 Å². The minimum absolute atomic E-state index is 0.697. The maximum atomic E-state index is 10.6. The summed E-state index contributed by atoms with van der Waals surface area (Å²) in [7, 11) is 2.01. The van der Waals surface area contributed by atoms with E-state index < -0.39 is 0 Å². The van der Waals surface area contributed by atoms with E-state index in [0.717, 1.165) is 17.7 Å². The lowest BCUT2D eigenvalue weighted by Gasteiger charge is -2.20. The second-order valence-electron chi connectivity index (χ2n) is 4.11. The Hall–Kier alpha value is -2.29. The molecule has 0 radical (unpaired) electrons. The van der Waals surface area contributed by atoms with Crippen LogP contribution in [0, 0.1) is 0 Å². The summed E-state index contributed by atoms with van der Waals surface area (Å²) in [4.78, 5) is 12.7. The molecule has 0 unspecified atom stereocenters. The number of benzene rings is 2. The lowest BCUT2D eigenvalue weighted by atomic mass is 10.2. The summed E-state index contributed by atoms with van der Waals surface area (Å²) < 4.78 is 0. The molecule has 0 atom stereocenters. The Bertz CT molecular complexity index is 494. The molecule has 0 amide bonds. The van der Waals surface area contributed by atoms with Gasteiger partial charge in [0.15, 0.2) is 0 Å². The van der Waals surface area contributed by atoms with Crippen LogP contribution in [0.2, 0.25) is 0 Å². The Morgan fingerprint density at radius 1 is 1.06 bits per heavy atom. The van der Waals surface area contributed by atoms with E-state index in [1.165, 1.54) is 0 Å². The fourth-order valence-electron chi connectivity index (χ4n) is 1.66. The standard InChI is InChI=1S/C15H16N2O/c1-17(12-16-14-5-3-2-4-6-14)15-9-7-13(11-18)8-10-15/h2-11,16H,12H2,1H3. The van der Waals surface area contributed by atoms with Gasteiger partial charge >= 0.3 is 0 Å². The Morgan fingerprint density at radius 3 is 2.33 bits per heavy atom. The summed E-state index contributed by atoms with van der Waals surface area (Å²) in [6.07, 6.45) is 0.853. The molecular weight excluding hydrogens is 224 g/mol. The van der Waals surface area contributed by atoms with Crippen LogP contribution in [0.5, 0.6) is 0 Å². The van der Waals surface area contributed by atoms with Crippen LogP contribution in [0.3, 0.4) is 0 Å². The molecule has 0 saturated carbocycles. The number of para-hydroxylation sites is 1. The molecule has 0 spiro atoms. The van der Waals surface area contributed by atoms with Gasteiger partial charge in [0.2, 0.25) is 0 Å². The molecule has 92 valence electrons. The van der Waals surface area contributed by atoms with Crippen molar-refractivity contribution < 1.29 is 4.79 Å². The summed E-state index contributed by atoms with van der Waals surface area (Å²) in [6, 6.07) is 17.6. The van der Waals surface area contributed by atoms with Gasteiger partial charge in [-0.25, -0.2) is 0 Å². The molecule has 0 aliphatic rings. The van der Waals surface area contributed by atoms with E-state index in [1.807, 2.05) is 61.6 Å². The summed E-state index contributed by atoms with van der Waals surface area (Å²) >= 11 is 0. The van der Waals surface area contributed by atoms with E-state index >= 15 is 0 Å². The monoisotopic (exact) mass is 240 g/mol. The Balaban J connectivity index is 1.94. The van der Waals surface area contributed by atoms with Gasteiger partial charge in [-0.1, -0.05) is 18.2 Å². The molecule has 3 nitrogen and oxygen atoms in total. The normalized spacial score (nSPS) is 9.83. The zero-order valence-corrected chi connectivity index (χ0v) is 10.3. The summed E-state index contributed by atoms with van der Waals surface area (Å²) in [6.45, 7) is 0.713. The molecule has 0 aliphatic heterocycles. The smallest absolute Gasteiger partial charge is 0.150 e. The van der Waals surface area contributed by atoms with Gasteiger partial charge in [0, 0.05) is 24.0 Å². The lowest BCUT2D eigenvalue weighted by molar-refractivity contribution is 0.112.